The molecule has 3 heteroatoms. The van der Waals surface area contributed by atoms with E-state index < -0.39 is 0 Å². The molecule has 0 saturated heterocycles. The number of hydrogen-bond acceptors (Lipinski definition) is 1. The molecule has 0 amide bonds. The maximum Gasteiger partial charge on any atom is 0.0554 e. The van der Waals surface area contributed by atoms with Gasteiger partial charge in [-0.3, -0.25) is 0 Å². The summed E-state index contributed by atoms with van der Waals surface area (Å²) < 4.78 is 0.921. The zero-order valence-electron chi connectivity index (χ0n) is 7.13. The summed E-state index contributed by atoms with van der Waals surface area (Å²) in [6.07, 6.45) is 4.96. The van der Waals surface area contributed by atoms with Gasteiger partial charge in [-0.25, -0.2) is 0 Å². The van der Waals surface area contributed by atoms with Gasteiger partial charge >= 0.3 is 0 Å². The average molecular weight is 261 g/mol. The van der Waals surface area contributed by atoms with Crippen LogP contribution in [-0.2, 0) is 0 Å². The zero-order valence-corrected chi connectivity index (χ0v) is 9.48. The maximum absolute atomic E-state index is 5.92. The molecule has 1 aromatic rings. The topological polar surface area (TPSA) is 26.0 Å². The average Bonchev–Trinajstić information content (AvgIpc) is 2.12. The Balaban J connectivity index is 2.73. The first-order chi connectivity index (χ1) is 6.24. The molecule has 0 aliphatic rings. The summed E-state index contributed by atoms with van der Waals surface area (Å²) in [5.41, 5.74) is 6.46. The molecule has 0 aromatic heterocycles. The molecule has 1 aromatic carbocycles. The van der Waals surface area contributed by atoms with Crippen molar-refractivity contribution in [3.05, 3.63) is 39.3 Å². The lowest BCUT2D eigenvalue weighted by Crippen LogP contribution is -1.94. The van der Waals surface area contributed by atoms with E-state index in [-0.39, 0.29) is 0 Å². The SMILES string of the molecule is NCC/C=C/c1ccc(Br)c(Cl)c1. The zero-order chi connectivity index (χ0) is 9.68. The van der Waals surface area contributed by atoms with Crippen LogP contribution in [0.1, 0.15) is 12.0 Å². The Kier molecular flexibility index (Phi) is 4.50. The normalized spacial score (nSPS) is 11.0. The molecule has 0 saturated carbocycles. The molecule has 0 spiro atoms. The summed E-state index contributed by atoms with van der Waals surface area (Å²) in [5.74, 6) is 0. The smallest absolute Gasteiger partial charge is 0.0554 e. The van der Waals surface area contributed by atoms with E-state index in [1.54, 1.807) is 0 Å². The molecule has 0 heterocycles. The molecule has 2 N–H and O–H groups in total. The van der Waals surface area contributed by atoms with Gasteiger partial charge in [0, 0.05) is 4.47 Å². The molecule has 1 rings (SSSR count). The van der Waals surface area contributed by atoms with Crippen molar-refractivity contribution in [2.75, 3.05) is 6.54 Å². The van der Waals surface area contributed by atoms with E-state index >= 15 is 0 Å². The fraction of sp³-hybridized carbons (Fsp3) is 0.200. The van der Waals surface area contributed by atoms with Gasteiger partial charge in [0.1, 0.15) is 0 Å². The Morgan fingerprint density at radius 1 is 1.46 bits per heavy atom. The van der Waals surface area contributed by atoms with Crippen molar-refractivity contribution in [1.82, 2.24) is 0 Å². The molecule has 1 nitrogen and oxygen atoms in total. The minimum atomic E-state index is 0.681. The molecular weight excluding hydrogens is 249 g/mol. The maximum atomic E-state index is 5.92. The van der Waals surface area contributed by atoms with E-state index in [2.05, 4.69) is 15.9 Å². The van der Waals surface area contributed by atoms with Crippen molar-refractivity contribution in [2.24, 2.45) is 5.73 Å². The fourth-order valence-corrected chi connectivity index (χ4v) is 1.37. The molecule has 0 aliphatic carbocycles. The van der Waals surface area contributed by atoms with Crippen molar-refractivity contribution in [1.29, 1.82) is 0 Å². The van der Waals surface area contributed by atoms with Crippen LogP contribution in [0, 0.1) is 0 Å². The molecule has 0 atom stereocenters. The molecule has 0 unspecified atom stereocenters. The minimum absolute atomic E-state index is 0.681. The van der Waals surface area contributed by atoms with Gasteiger partial charge < -0.3 is 5.73 Å². The van der Waals surface area contributed by atoms with Crippen molar-refractivity contribution < 1.29 is 0 Å². The van der Waals surface area contributed by atoms with E-state index in [0.29, 0.717) is 6.54 Å². The number of halogens is 2. The lowest BCUT2D eigenvalue weighted by atomic mass is 10.2. The van der Waals surface area contributed by atoms with Crippen LogP contribution >= 0.6 is 27.5 Å². The van der Waals surface area contributed by atoms with Gasteiger partial charge in [-0.1, -0.05) is 29.8 Å². The molecule has 70 valence electrons. The van der Waals surface area contributed by atoms with E-state index in [1.165, 1.54) is 0 Å². The highest BCUT2D eigenvalue weighted by atomic mass is 79.9. The van der Waals surface area contributed by atoms with E-state index in [4.69, 9.17) is 17.3 Å². The molecule has 13 heavy (non-hydrogen) atoms. The van der Waals surface area contributed by atoms with Gasteiger partial charge in [-0.15, -0.1) is 0 Å². The first-order valence-electron chi connectivity index (χ1n) is 4.05. The second-order valence-electron chi connectivity index (χ2n) is 2.65. The number of rotatable bonds is 3. The Morgan fingerprint density at radius 3 is 2.85 bits per heavy atom. The van der Waals surface area contributed by atoms with Gasteiger partial charge in [-0.2, -0.15) is 0 Å². The highest BCUT2D eigenvalue weighted by molar-refractivity contribution is 9.10. The van der Waals surface area contributed by atoms with Crippen molar-refractivity contribution in [3.63, 3.8) is 0 Å². The highest BCUT2D eigenvalue weighted by Gasteiger charge is 1.95. The molecule has 0 bridgehead atoms. The number of benzene rings is 1. The molecule has 0 aliphatic heterocycles. The number of nitrogens with two attached hydrogens (primary N) is 1. The first-order valence-corrected chi connectivity index (χ1v) is 5.23. The van der Waals surface area contributed by atoms with Crippen LogP contribution in [0.5, 0.6) is 0 Å². The van der Waals surface area contributed by atoms with Crippen molar-refractivity contribution >= 4 is 33.6 Å². The largest absolute Gasteiger partial charge is 0.330 e. The van der Waals surface area contributed by atoms with Gasteiger partial charge in [0.25, 0.3) is 0 Å². The van der Waals surface area contributed by atoms with Crippen LogP contribution in [0.25, 0.3) is 6.08 Å². The predicted molar refractivity (Wildman–Crippen MR) is 61.9 cm³/mol. The predicted octanol–water partition coefficient (Wildman–Crippen LogP) is 3.46. The lowest BCUT2D eigenvalue weighted by molar-refractivity contribution is 1.01. The Morgan fingerprint density at radius 2 is 2.23 bits per heavy atom. The number of hydrogen-bond donors (Lipinski definition) is 1. The highest BCUT2D eigenvalue weighted by Crippen LogP contribution is 2.23. The fourth-order valence-electron chi connectivity index (χ4n) is 0.932. The van der Waals surface area contributed by atoms with E-state index in [1.807, 2.05) is 30.4 Å². The minimum Gasteiger partial charge on any atom is -0.330 e. The Bertz CT molecular complexity index is 310. The van der Waals surface area contributed by atoms with Gasteiger partial charge in [0.15, 0.2) is 0 Å². The van der Waals surface area contributed by atoms with Gasteiger partial charge in [0.2, 0.25) is 0 Å². The third-order valence-corrected chi connectivity index (χ3v) is 2.82. The van der Waals surface area contributed by atoms with Crippen LogP contribution in [0.4, 0.5) is 0 Å². The second-order valence-corrected chi connectivity index (χ2v) is 3.91. The van der Waals surface area contributed by atoms with Crippen LogP contribution in [0.3, 0.4) is 0 Å². The Labute approximate surface area is 91.7 Å². The summed E-state index contributed by atoms with van der Waals surface area (Å²) in [6.45, 7) is 0.681. The first kappa shape index (κ1) is 10.8. The second kappa shape index (κ2) is 5.43. The monoisotopic (exact) mass is 259 g/mol. The van der Waals surface area contributed by atoms with Crippen molar-refractivity contribution in [2.45, 2.75) is 6.42 Å². The lowest BCUT2D eigenvalue weighted by Gasteiger charge is -1.97. The third-order valence-electron chi connectivity index (χ3n) is 1.59. The van der Waals surface area contributed by atoms with Crippen molar-refractivity contribution in [3.8, 4) is 0 Å². The molecule has 0 fully saturated rings. The molecule has 0 radical (unpaired) electrons. The van der Waals surface area contributed by atoms with E-state index in [9.17, 15) is 0 Å². The summed E-state index contributed by atoms with van der Waals surface area (Å²) >= 11 is 9.26. The molecular formula is C10H11BrClN. The summed E-state index contributed by atoms with van der Waals surface area (Å²) in [7, 11) is 0. The third kappa shape index (κ3) is 3.51. The van der Waals surface area contributed by atoms with Gasteiger partial charge in [0.05, 0.1) is 5.02 Å². The van der Waals surface area contributed by atoms with Crippen LogP contribution in [0.2, 0.25) is 5.02 Å². The van der Waals surface area contributed by atoms with Gasteiger partial charge in [-0.05, 0) is 46.6 Å². The summed E-state index contributed by atoms with van der Waals surface area (Å²) in [6, 6.07) is 5.85. The standard InChI is InChI=1S/C10H11BrClN/c11-9-5-4-8(7-10(9)12)3-1-2-6-13/h1,3-5,7H,2,6,13H2/b3-1+. The van der Waals surface area contributed by atoms with E-state index in [0.717, 1.165) is 21.5 Å². The summed E-state index contributed by atoms with van der Waals surface area (Å²) in [5, 5.41) is 0.731. The summed E-state index contributed by atoms with van der Waals surface area (Å²) in [4.78, 5) is 0. The van der Waals surface area contributed by atoms with Crippen LogP contribution in [0.15, 0.2) is 28.7 Å². The Hall–Kier alpha value is -0.310. The van der Waals surface area contributed by atoms with Crippen LogP contribution < -0.4 is 5.73 Å². The quantitative estimate of drug-likeness (QED) is 0.885. The van der Waals surface area contributed by atoms with Crippen LogP contribution in [-0.4, -0.2) is 6.54 Å².